The summed E-state index contributed by atoms with van der Waals surface area (Å²) in [6.07, 6.45) is 7.43. The van der Waals surface area contributed by atoms with Gasteiger partial charge in [-0.05, 0) is 23.8 Å². The van der Waals surface area contributed by atoms with E-state index in [4.69, 9.17) is 4.52 Å². The van der Waals surface area contributed by atoms with Gasteiger partial charge < -0.3 is 9.84 Å². The maximum atomic E-state index is 11.8. The zero-order valence-electron chi connectivity index (χ0n) is 12.3. The summed E-state index contributed by atoms with van der Waals surface area (Å²) in [7, 11) is 0. The Labute approximate surface area is 132 Å². The van der Waals surface area contributed by atoms with Gasteiger partial charge in [0.2, 0.25) is 17.6 Å². The van der Waals surface area contributed by atoms with E-state index in [2.05, 4.69) is 25.4 Å². The van der Waals surface area contributed by atoms with Crippen LogP contribution in [0.4, 0.5) is 0 Å². The van der Waals surface area contributed by atoms with E-state index in [9.17, 15) is 4.79 Å². The number of aryl methyl sites for hydroxylation is 1. The Morgan fingerprint density at radius 1 is 1.13 bits per heavy atom. The molecule has 23 heavy (non-hydrogen) atoms. The Hall–Kier alpha value is -3.09. The van der Waals surface area contributed by atoms with E-state index in [1.807, 2.05) is 12.1 Å². The largest absolute Gasteiger partial charge is 0.352 e. The number of nitrogens with one attached hydrogen (secondary N) is 1. The van der Waals surface area contributed by atoms with Crippen molar-refractivity contribution in [2.45, 2.75) is 19.4 Å². The lowest BCUT2D eigenvalue weighted by Gasteiger charge is -2.03. The van der Waals surface area contributed by atoms with Crippen LogP contribution in [0, 0.1) is 0 Å². The number of hydrogen-bond donors (Lipinski definition) is 1. The number of nitrogens with zero attached hydrogens (tertiary/aromatic N) is 4. The van der Waals surface area contributed by atoms with Crippen molar-refractivity contribution in [1.29, 1.82) is 0 Å². The first-order valence-electron chi connectivity index (χ1n) is 7.20. The Morgan fingerprint density at radius 2 is 2.00 bits per heavy atom. The number of carbonyl (C=O) groups excluding carboxylic acids is 1. The summed E-state index contributed by atoms with van der Waals surface area (Å²) >= 11 is 0. The molecule has 0 saturated heterocycles. The van der Waals surface area contributed by atoms with Crippen molar-refractivity contribution >= 4 is 5.91 Å². The molecule has 116 valence electrons. The lowest BCUT2D eigenvalue weighted by Crippen LogP contribution is -2.23. The minimum absolute atomic E-state index is 0.0717. The molecule has 3 aromatic rings. The van der Waals surface area contributed by atoms with Crippen LogP contribution in [0.5, 0.6) is 0 Å². The Bertz CT molecular complexity index is 758. The lowest BCUT2D eigenvalue weighted by molar-refractivity contribution is -0.121. The quantitative estimate of drug-likeness (QED) is 0.746. The fraction of sp³-hybridized carbons (Fsp3) is 0.188. The number of rotatable bonds is 6. The Balaban J connectivity index is 1.49. The fourth-order valence-corrected chi connectivity index (χ4v) is 1.99. The van der Waals surface area contributed by atoms with E-state index in [1.54, 1.807) is 36.9 Å². The number of amides is 1. The lowest BCUT2D eigenvalue weighted by atomic mass is 10.2. The van der Waals surface area contributed by atoms with Gasteiger partial charge in [0.25, 0.3) is 0 Å². The van der Waals surface area contributed by atoms with Crippen LogP contribution >= 0.6 is 0 Å². The molecule has 0 aliphatic heterocycles. The normalized spacial score (nSPS) is 10.4. The topological polar surface area (TPSA) is 93.8 Å². The van der Waals surface area contributed by atoms with Gasteiger partial charge in [-0.2, -0.15) is 4.98 Å². The summed E-state index contributed by atoms with van der Waals surface area (Å²) in [5, 5.41) is 6.73. The van der Waals surface area contributed by atoms with Crippen LogP contribution in [0.15, 0.2) is 53.6 Å². The predicted molar refractivity (Wildman–Crippen MR) is 81.9 cm³/mol. The second kappa shape index (κ2) is 7.26. The van der Waals surface area contributed by atoms with Gasteiger partial charge in [0.1, 0.15) is 0 Å². The van der Waals surface area contributed by atoms with Gasteiger partial charge in [0.05, 0.1) is 0 Å². The maximum Gasteiger partial charge on any atom is 0.227 e. The van der Waals surface area contributed by atoms with Gasteiger partial charge >= 0.3 is 0 Å². The van der Waals surface area contributed by atoms with Crippen molar-refractivity contribution < 1.29 is 9.32 Å². The number of carbonyl (C=O) groups is 1. The average Bonchev–Trinajstić information content (AvgIpc) is 3.09. The van der Waals surface area contributed by atoms with E-state index < -0.39 is 0 Å². The molecular weight excluding hydrogens is 294 g/mol. The highest BCUT2D eigenvalue weighted by atomic mass is 16.5. The van der Waals surface area contributed by atoms with Gasteiger partial charge in [-0.1, -0.05) is 11.2 Å². The second-order valence-corrected chi connectivity index (χ2v) is 4.89. The first-order valence-corrected chi connectivity index (χ1v) is 7.20. The van der Waals surface area contributed by atoms with Crippen molar-refractivity contribution in [1.82, 2.24) is 25.4 Å². The summed E-state index contributed by atoms with van der Waals surface area (Å²) < 4.78 is 5.16. The molecule has 0 unspecified atom stereocenters. The molecule has 0 fully saturated rings. The zero-order valence-corrected chi connectivity index (χ0v) is 12.3. The molecule has 3 heterocycles. The fourth-order valence-electron chi connectivity index (χ4n) is 1.99. The van der Waals surface area contributed by atoms with E-state index in [-0.39, 0.29) is 12.3 Å². The van der Waals surface area contributed by atoms with E-state index in [1.165, 1.54) is 0 Å². The molecule has 1 amide bonds. The van der Waals surface area contributed by atoms with Crippen molar-refractivity contribution in [3.63, 3.8) is 0 Å². The first-order chi connectivity index (χ1) is 11.3. The van der Waals surface area contributed by atoms with Gasteiger partial charge in [0, 0.05) is 49.7 Å². The SMILES string of the molecule is O=C(CCc1nc(-c2ccncc2)no1)NCc1cccnc1. The van der Waals surface area contributed by atoms with E-state index in [0.717, 1.165) is 11.1 Å². The highest BCUT2D eigenvalue weighted by Gasteiger charge is 2.10. The van der Waals surface area contributed by atoms with E-state index in [0.29, 0.717) is 24.7 Å². The molecule has 0 aliphatic rings. The zero-order chi connectivity index (χ0) is 15.9. The van der Waals surface area contributed by atoms with Gasteiger partial charge in [-0.15, -0.1) is 0 Å². The molecular formula is C16H15N5O2. The summed E-state index contributed by atoms with van der Waals surface area (Å²) in [5.74, 6) is 0.865. The van der Waals surface area contributed by atoms with Crippen LogP contribution in [0.25, 0.3) is 11.4 Å². The molecule has 3 aromatic heterocycles. The van der Waals surface area contributed by atoms with Crippen LogP contribution in [0.2, 0.25) is 0 Å². The molecule has 7 nitrogen and oxygen atoms in total. The second-order valence-electron chi connectivity index (χ2n) is 4.89. The van der Waals surface area contributed by atoms with Crippen molar-refractivity contribution in [2.24, 2.45) is 0 Å². The molecule has 0 aromatic carbocycles. The summed E-state index contributed by atoms with van der Waals surface area (Å²) in [6, 6.07) is 7.34. The third kappa shape index (κ3) is 4.19. The van der Waals surface area contributed by atoms with Crippen LogP contribution < -0.4 is 5.32 Å². The minimum Gasteiger partial charge on any atom is -0.352 e. The number of pyridine rings is 2. The molecule has 7 heteroatoms. The maximum absolute atomic E-state index is 11.8. The third-order valence-corrected chi connectivity index (χ3v) is 3.19. The molecule has 0 aliphatic carbocycles. The van der Waals surface area contributed by atoms with E-state index >= 15 is 0 Å². The highest BCUT2D eigenvalue weighted by Crippen LogP contribution is 2.14. The van der Waals surface area contributed by atoms with Crippen LogP contribution in [-0.2, 0) is 17.8 Å². The van der Waals surface area contributed by atoms with Crippen molar-refractivity contribution in [3.05, 3.63) is 60.5 Å². The predicted octanol–water partition coefficient (Wildman–Crippen LogP) is 1.78. The van der Waals surface area contributed by atoms with Crippen LogP contribution in [-0.4, -0.2) is 26.0 Å². The Kier molecular flexibility index (Phi) is 4.68. The Morgan fingerprint density at radius 3 is 2.78 bits per heavy atom. The molecule has 1 N–H and O–H groups in total. The van der Waals surface area contributed by atoms with Gasteiger partial charge in [0.15, 0.2) is 0 Å². The molecule has 0 bridgehead atoms. The van der Waals surface area contributed by atoms with Crippen LogP contribution in [0.1, 0.15) is 17.9 Å². The summed E-state index contributed by atoms with van der Waals surface area (Å²) in [6.45, 7) is 0.457. The highest BCUT2D eigenvalue weighted by molar-refractivity contribution is 5.76. The summed E-state index contributed by atoms with van der Waals surface area (Å²) in [5.41, 5.74) is 1.79. The molecule has 0 saturated carbocycles. The van der Waals surface area contributed by atoms with Gasteiger partial charge in [-0.3, -0.25) is 14.8 Å². The van der Waals surface area contributed by atoms with Crippen LogP contribution in [0.3, 0.4) is 0 Å². The molecule has 0 radical (unpaired) electrons. The summed E-state index contributed by atoms with van der Waals surface area (Å²) in [4.78, 5) is 24.0. The molecule has 0 atom stereocenters. The number of aromatic nitrogens is 4. The third-order valence-electron chi connectivity index (χ3n) is 3.19. The number of hydrogen-bond acceptors (Lipinski definition) is 6. The van der Waals surface area contributed by atoms with Crippen molar-refractivity contribution in [3.8, 4) is 11.4 Å². The molecule has 0 spiro atoms. The first kappa shape index (κ1) is 14.8. The minimum atomic E-state index is -0.0717. The van der Waals surface area contributed by atoms with Crippen molar-refractivity contribution in [2.75, 3.05) is 0 Å². The average molecular weight is 309 g/mol. The smallest absolute Gasteiger partial charge is 0.227 e. The standard InChI is InChI=1S/C16H15N5O2/c22-14(19-11-12-2-1-7-18-10-12)3-4-15-20-16(21-23-15)13-5-8-17-9-6-13/h1-2,5-10H,3-4,11H2,(H,19,22). The van der Waals surface area contributed by atoms with Gasteiger partial charge in [-0.25, -0.2) is 0 Å². The molecule has 3 rings (SSSR count). The monoisotopic (exact) mass is 309 g/mol.